The van der Waals surface area contributed by atoms with Crippen molar-refractivity contribution in [3.8, 4) is 0 Å². The largest absolute Gasteiger partial charge is 0.309 e. The van der Waals surface area contributed by atoms with E-state index < -0.39 is 0 Å². The van der Waals surface area contributed by atoms with E-state index in [0.717, 1.165) is 32.1 Å². The number of rotatable bonds is 7. The number of para-hydroxylation sites is 2. The fourth-order valence-corrected chi connectivity index (χ4v) is 9.07. The molecule has 0 radical (unpaired) electrons. The summed E-state index contributed by atoms with van der Waals surface area (Å²) >= 11 is 0. The van der Waals surface area contributed by atoms with E-state index in [9.17, 15) is 0 Å². The molecule has 0 bridgehead atoms. The first-order valence-corrected chi connectivity index (χ1v) is 20.1. The minimum atomic E-state index is 0.990. The zero-order valence-corrected chi connectivity index (χ0v) is 32.0. The van der Waals surface area contributed by atoms with Gasteiger partial charge in [0.2, 0.25) is 0 Å². The van der Waals surface area contributed by atoms with Crippen LogP contribution in [-0.4, -0.2) is 0 Å². The maximum absolute atomic E-state index is 2.60. The molecule has 2 heteroatoms. The normalized spacial score (nSPS) is 13.5. The Kier molecular flexibility index (Phi) is 10.0. The summed E-state index contributed by atoms with van der Waals surface area (Å²) in [5, 5.41) is 5.14. The van der Waals surface area contributed by atoms with Crippen molar-refractivity contribution in [1.82, 2.24) is 0 Å². The Morgan fingerprint density at radius 3 is 1.36 bits per heavy atom. The fourth-order valence-electron chi connectivity index (χ4n) is 9.07. The van der Waals surface area contributed by atoms with Gasteiger partial charge in [-0.2, -0.15) is 0 Å². The van der Waals surface area contributed by atoms with Crippen LogP contribution < -0.4 is 9.80 Å². The van der Waals surface area contributed by atoms with Crippen molar-refractivity contribution in [2.75, 3.05) is 9.80 Å². The molecule has 2 aliphatic carbocycles. The van der Waals surface area contributed by atoms with Crippen LogP contribution >= 0.6 is 0 Å². The lowest BCUT2D eigenvalue weighted by molar-refractivity contribution is 0.686. The van der Waals surface area contributed by atoms with Gasteiger partial charge in [0.1, 0.15) is 0 Å². The molecule has 0 heterocycles. The molecule has 0 aromatic heterocycles. The average molecular weight is 693 g/mol. The Labute approximate surface area is 316 Å². The van der Waals surface area contributed by atoms with Crippen LogP contribution in [0.15, 0.2) is 133 Å². The second-order valence-electron chi connectivity index (χ2n) is 14.5. The number of aryl methyl sites for hydroxylation is 4. The highest BCUT2D eigenvalue weighted by atomic mass is 15.2. The van der Waals surface area contributed by atoms with E-state index in [4.69, 9.17) is 0 Å². The number of hydrogen-bond donors (Lipinski definition) is 0. The van der Waals surface area contributed by atoms with Crippen molar-refractivity contribution in [2.45, 2.75) is 85.5 Å². The summed E-state index contributed by atoms with van der Waals surface area (Å²) in [4.78, 5) is 5.20. The molecule has 0 unspecified atom stereocenters. The zero-order valence-electron chi connectivity index (χ0n) is 32.0. The van der Waals surface area contributed by atoms with Crippen LogP contribution in [0, 0.1) is 6.92 Å². The van der Waals surface area contributed by atoms with Crippen molar-refractivity contribution in [3.63, 3.8) is 0 Å². The van der Waals surface area contributed by atoms with E-state index in [1.165, 1.54) is 115 Å². The highest BCUT2D eigenvalue weighted by molar-refractivity contribution is 6.23. The minimum Gasteiger partial charge on any atom is -0.309 e. The number of fused-ring (bicyclic) bond motifs is 4. The number of nitrogens with zero attached hydrogens (tertiary/aromatic N) is 2. The van der Waals surface area contributed by atoms with Crippen LogP contribution in [0.3, 0.4) is 0 Å². The summed E-state index contributed by atoms with van der Waals surface area (Å²) in [5.41, 5.74) is 16.3. The molecular formula is C51H52N2. The highest BCUT2D eigenvalue weighted by Gasteiger charge is 2.29. The van der Waals surface area contributed by atoms with Crippen LogP contribution in [-0.2, 0) is 32.1 Å². The van der Waals surface area contributed by atoms with Gasteiger partial charge in [0.25, 0.3) is 0 Å². The van der Waals surface area contributed by atoms with Crippen molar-refractivity contribution in [2.24, 2.45) is 0 Å². The molecule has 0 atom stereocenters. The van der Waals surface area contributed by atoms with Crippen LogP contribution in [0.4, 0.5) is 34.1 Å². The van der Waals surface area contributed by atoms with Gasteiger partial charge in [0.05, 0.1) is 11.4 Å². The molecule has 7 aromatic carbocycles. The van der Waals surface area contributed by atoms with Crippen LogP contribution in [0.2, 0.25) is 0 Å². The Morgan fingerprint density at radius 1 is 0.453 bits per heavy atom. The molecule has 0 aliphatic heterocycles. The lowest BCUT2D eigenvalue weighted by Gasteiger charge is -2.35. The van der Waals surface area contributed by atoms with E-state index in [1.807, 2.05) is 13.8 Å². The predicted octanol–water partition coefficient (Wildman–Crippen LogP) is 14.6. The smallest absolute Gasteiger partial charge is 0.0620 e. The SMILES string of the molecule is CC.CCc1cc2c(N(c3ccccc3)c3cccc4c3CCCC4)c3ccccc3c(N(c3ccccc3)c3cccc4c3CCCC4)c2cc1C. The Morgan fingerprint density at radius 2 is 0.887 bits per heavy atom. The molecule has 7 aromatic rings. The van der Waals surface area contributed by atoms with E-state index in [-0.39, 0.29) is 0 Å². The van der Waals surface area contributed by atoms with Crippen molar-refractivity contribution >= 4 is 55.7 Å². The standard InChI is InChI=1S/C49H46N2.C2H6/c1-3-35-33-45-44(32-34(35)2)48(50(38-22-6-4-7-23-38)46-30-16-20-36-18-10-12-26-40(36)46)42-28-14-15-29-43(42)49(45)51(39-24-8-5-9-25-39)47-31-17-21-37-19-11-13-27-41(37)47;1-2/h4-9,14-17,20-25,28-33H,3,10-13,18-19,26-27H2,1-2H3;1-2H3. The quantitative estimate of drug-likeness (QED) is 0.121. The fraction of sp³-hybridized carbons (Fsp3) is 0.255. The summed E-state index contributed by atoms with van der Waals surface area (Å²) in [6, 6.07) is 50.4. The number of hydrogen-bond acceptors (Lipinski definition) is 2. The molecule has 0 N–H and O–H groups in total. The van der Waals surface area contributed by atoms with Crippen molar-refractivity contribution < 1.29 is 0 Å². The summed E-state index contributed by atoms with van der Waals surface area (Å²) in [6.07, 6.45) is 10.5. The molecule has 2 aliphatic rings. The van der Waals surface area contributed by atoms with Gasteiger partial charge in [-0.15, -0.1) is 0 Å². The predicted molar refractivity (Wildman–Crippen MR) is 230 cm³/mol. The van der Waals surface area contributed by atoms with Crippen LogP contribution in [0.25, 0.3) is 21.5 Å². The van der Waals surface area contributed by atoms with Crippen molar-refractivity contribution in [1.29, 1.82) is 0 Å². The Balaban J connectivity index is 0.00000197. The molecule has 0 saturated carbocycles. The van der Waals surface area contributed by atoms with Gasteiger partial charge in [-0.25, -0.2) is 0 Å². The van der Waals surface area contributed by atoms with Gasteiger partial charge in [-0.3, -0.25) is 0 Å². The first kappa shape index (κ1) is 34.7. The van der Waals surface area contributed by atoms with E-state index >= 15 is 0 Å². The third-order valence-electron chi connectivity index (χ3n) is 11.5. The lowest BCUT2D eigenvalue weighted by atomic mass is 9.87. The average Bonchev–Trinajstić information content (AvgIpc) is 3.23. The van der Waals surface area contributed by atoms with Crippen LogP contribution in [0.5, 0.6) is 0 Å². The molecule has 266 valence electrons. The molecule has 0 spiro atoms. The Bertz CT molecular complexity index is 2370. The molecular weight excluding hydrogens is 641 g/mol. The van der Waals surface area contributed by atoms with Gasteiger partial charge >= 0.3 is 0 Å². The number of anilines is 6. The second-order valence-corrected chi connectivity index (χ2v) is 14.5. The maximum atomic E-state index is 2.60. The third-order valence-corrected chi connectivity index (χ3v) is 11.5. The van der Waals surface area contributed by atoms with Gasteiger partial charge in [0.15, 0.2) is 0 Å². The molecule has 2 nitrogen and oxygen atoms in total. The molecule has 0 saturated heterocycles. The molecule has 0 fully saturated rings. The maximum Gasteiger partial charge on any atom is 0.0620 e. The minimum absolute atomic E-state index is 0.990. The van der Waals surface area contributed by atoms with Gasteiger partial charge in [-0.05, 0) is 147 Å². The summed E-state index contributed by atoms with van der Waals surface area (Å²) < 4.78 is 0. The first-order valence-electron chi connectivity index (χ1n) is 20.1. The highest BCUT2D eigenvalue weighted by Crippen LogP contribution is 2.53. The zero-order chi connectivity index (χ0) is 36.3. The van der Waals surface area contributed by atoms with E-state index in [0.29, 0.717) is 0 Å². The monoisotopic (exact) mass is 692 g/mol. The molecule has 0 amide bonds. The topological polar surface area (TPSA) is 6.48 Å². The first-order chi connectivity index (χ1) is 26.2. The van der Waals surface area contributed by atoms with E-state index in [2.05, 4.69) is 157 Å². The molecule has 53 heavy (non-hydrogen) atoms. The number of benzene rings is 7. The summed E-state index contributed by atoms with van der Waals surface area (Å²) in [7, 11) is 0. The van der Waals surface area contributed by atoms with Gasteiger partial charge < -0.3 is 9.80 Å². The third kappa shape index (κ3) is 6.29. The van der Waals surface area contributed by atoms with Crippen molar-refractivity contribution in [3.05, 3.63) is 167 Å². The summed E-state index contributed by atoms with van der Waals surface area (Å²) in [6.45, 7) is 8.60. The van der Waals surface area contributed by atoms with Gasteiger partial charge in [-0.1, -0.05) is 106 Å². The van der Waals surface area contributed by atoms with Gasteiger partial charge in [0, 0.05) is 44.3 Å². The summed E-state index contributed by atoms with van der Waals surface area (Å²) in [5.74, 6) is 0. The van der Waals surface area contributed by atoms with E-state index in [1.54, 1.807) is 0 Å². The Hall–Kier alpha value is -5.34. The van der Waals surface area contributed by atoms with Crippen LogP contribution in [0.1, 0.15) is 79.8 Å². The second kappa shape index (κ2) is 15.3. The molecule has 9 rings (SSSR count). The lowest BCUT2D eigenvalue weighted by Crippen LogP contribution is -2.18.